The molecule has 0 radical (unpaired) electrons. The minimum Gasteiger partial charge on any atom is -0.389 e. The number of nitrogens with two attached hydrogens (primary N) is 1. The van der Waals surface area contributed by atoms with Gasteiger partial charge in [0.25, 0.3) is 0 Å². The van der Waals surface area contributed by atoms with E-state index in [9.17, 15) is 9.90 Å². The van der Waals surface area contributed by atoms with Gasteiger partial charge in [-0.3, -0.25) is 4.57 Å². The van der Waals surface area contributed by atoms with Crippen LogP contribution in [0.2, 0.25) is 0 Å². The van der Waals surface area contributed by atoms with Crippen molar-refractivity contribution < 1.29 is 9.84 Å². The number of halogens is 1. The van der Waals surface area contributed by atoms with Crippen LogP contribution in [0.25, 0.3) is 0 Å². The smallest absolute Gasteiger partial charge is 0.351 e. The summed E-state index contributed by atoms with van der Waals surface area (Å²) in [4.78, 5) is 15.2. The van der Waals surface area contributed by atoms with E-state index in [2.05, 4.69) is 40.5 Å². The van der Waals surface area contributed by atoms with Gasteiger partial charge in [0.05, 0.1) is 17.0 Å². The number of rotatable bonds is 4. The first-order valence-electron chi connectivity index (χ1n) is 6.68. The number of ether oxygens (including phenoxy) is 1. The van der Waals surface area contributed by atoms with E-state index in [0.29, 0.717) is 0 Å². The Morgan fingerprint density at radius 3 is 2.86 bits per heavy atom. The molecular weight excluding hydrogens is 357 g/mol. The predicted molar refractivity (Wildman–Crippen MR) is 90.9 cm³/mol. The maximum atomic E-state index is 11.9. The van der Waals surface area contributed by atoms with E-state index in [-0.39, 0.29) is 16.7 Å². The zero-order chi connectivity index (χ0) is 15.8. The van der Waals surface area contributed by atoms with Gasteiger partial charge in [-0.25, -0.2) is 4.79 Å². The molecule has 3 N–H and O–H groups in total. The van der Waals surface area contributed by atoms with Gasteiger partial charge in [-0.2, -0.15) is 4.98 Å². The highest BCUT2D eigenvalue weighted by Gasteiger charge is 2.43. The van der Waals surface area contributed by atoms with Crippen molar-refractivity contribution in [2.24, 2.45) is 0 Å². The maximum absolute atomic E-state index is 11.9. The van der Waals surface area contributed by atoms with Gasteiger partial charge < -0.3 is 15.6 Å². The van der Waals surface area contributed by atoms with Crippen LogP contribution in [0.15, 0.2) is 17.1 Å². The molecule has 2 rings (SSSR count). The van der Waals surface area contributed by atoms with Crippen molar-refractivity contribution in [1.82, 2.24) is 9.55 Å². The highest BCUT2D eigenvalue weighted by atomic mass is 79.9. The lowest BCUT2D eigenvalue weighted by molar-refractivity contribution is -0.0207. The molecule has 0 bridgehead atoms. The SMILES string of the molecule is C=P(C)(C)CC[C@H]1OC(n2ccc(N)nc2=O)[C@H](Br)[C@@H]1O. The van der Waals surface area contributed by atoms with Crippen molar-refractivity contribution in [3.8, 4) is 0 Å². The maximum Gasteiger partial charge on any atom is 0.351 e. The van der Waals surface area contributed by atoms with Gasteiger partial charge >= 0.3 is 5.69 Å². The summed E-state index contributed by atoms with van der Waals surface area (Å²) in [5, 5.41) is 10.3. The van der Waals surface area contributed by atoms with Crippen molar-refractivity contribution >= 4 is 34.9 Å². The van der Waals surface area contributed by atoms with E-state index in [0.717, 1.165) is 12.6 Å². The minimum absolute atomic E-state index is 0.168. The molecule has 4 atom stereocenters. The molecule has 21 heavy (non-hydrogen) atoms. The van der Waals surface area contributed by atoms with E-state index in [1.54, 1.807) is 0 Å². The summed E-state index contributed by atoms with van der Waals surface area (Å²) in [6.45, 7) is 3.11. The quantitative estimate of drug-likeness (QED) is 0.602. The minimum atomic E-state index is -1.18. The molecule has 1 aromatic heterocycles. The molecule has 1 unspecified atom stereocenters. The van der Waals surface area contributed by atoms with Crippen LogP contribution in [-0.4, -0.2) is 57.5 Å². The van der Waals surface area contributed by atoms with E-state index in [1.807, 2.05) is 0 Å². The lowest BCUT2D eigenvalue weighted by Crippen LogP contribution is -2.32. The van der Waals surface area contributed by atoms with Gasteiger partial charge in [0, 0.05) is 6.20 Å². The van der Waals surface area contributed by atoms with Crippen LogP contribution >= 0.6 is 22.8 Å². The molecule has 8 heteroatoms. The van der Waals surface area contributed by atoms with Gasteiger partial charge in [0.2, 0.25) is 0 Å². The fourth-order valence-corrected chi connectivity index (χ4v) is 3.94. The molecule has 0 saturated carbocycles. The number of aromatic nitrogens is 2. The number of anilines is 1. The third-order valence-corrected chi connectivity index (χ3v) is 5.90. The van der Waals surface area contributed by atoms with Crippen LogP contribution in [0.1, 0.15) is 12.6 Å². The molecule has 6 nitrogen and oxygen atoms in total. The lowest BCUT2D eigenvalue weighted by Gasteiger charge is -2.19. The zero-order valence-electron chi connectivity index (χ0n) is 12.1. The Labute approximate surface area is 132 Å². The van der Waals surface area contributed by atoms with Gasteiger partial charge in [-0.1, -0.05) is 15.9 Å². The molecule has 1 fully saturated rings. The van der Waals surface area contributed by atoms with Crippen LogP contribution in [0.5, 0.6) is 0 Å². The third-order valence-electron chi connectivity index (χ3n) is 3.44. The van der Waals surface area contributed by atoms with Crippen LogP contribution < -0.4 is 11.4 Å². The van der Waals surface area contributed by atoms with Gasteiger partial charge in [-0.15, -0.1) is 13.2 Å². The summed E-state index contributed by atoms with van der Waals surface area (Å²) in [5.74, 6) is 0.168. The Bertz CT molecular complexity index is 615. The fourth-order valence-electron chi connectivity index (χ4n) is 2.26. The molecule has 0 amide bonds. The summed E-state index contributed by atoms with van der Waals surface area (Å²) in [6, 6.07) is 1.54. The average molecular weight is 378 g/mol. The standard InChI is InChI=1S/C13H21BrN3O3P/c1-21(2,3)7-5-8-11(18)10(14)12(20-8)17-6-4-9(15)16-13(17)19/h4,6,8,10-12,18H,1,5,7H2,2-3H3,(H2,15,16,19)/t8-,10-,11-,12?/m1/s1. The summed E-state index contributed by atoms with van der Waals surface area (Å²) >= 11 is 3.42. The lowest BCUT2D eigenvalue weighted by atomic mass is 10.1. The average Bonchev–Trinajstić information content (AvgIpc) is 2.64. The molecule has 1 aliphatic rings. The summed E-state index contributed by atoms with van der Waals surface area (Å²) in [6.07, 6.45) is 5.77. The number of hydrogen-bond acceptors (Lipinski definition) is 5. The Balaban J connectivity index is 2.16. The van der Waals surface area contributed by atoms with Gasteiger partial charge in [-0.05, 0) is 32.0 Å². The first-order chi connectivity index (χ1) is 9.69. The van der Waals surface area contributed by atoms with Crippen LogP contribution in [0.4, 0.5) is 5.82 Å². The molecular formula is C13H21BrN3O3P. The van der Waals surface area contributed by atoms with Crippen molar-refractivity contribution in [2.45, 2.75) is 29.7 Å². The van der Waals surface area contributed by atoms with Crippen molar-refractivity contribution in [2.75, 3.05) is 25.2 Å². The topological polar surface area (TPSA) is 90.4 Å². The Morgan fingerprint density at radius 2 is 2.29 bits per heavy atom. The Morgan fingerprint density at radius 1 is 1.62 bits per heavy atom. The molecule has 1 saturated heterocycles. The highest BCUT2D eigenvalue weighted by Crippen LogP contribution is 2.40. The molecule has 0 spiro atoms. The molecule has 1 aliphatic heterocycles. The monoisotopic (exact) mass is 377 g/mol. The second kappa shape index (κ2) is 6.24. The second-order valence-corrected chi connectivity index (χ2v) is 11.4. The van der Waals surface area contributed by atoms with Crippen molar-refractivity contribution in [3.63, 3.8) is 0 Å². The van der Waals surface area contributed by atoms with Gasteiger partial charge in [0.1, 0.15) is 5.82 Å². The predicted octanol–water partition coefficient (Wildman–Crippen LogP) is 0.947. The van der Waals surface area contributed by atoms with Gasteiger partial charge in [0.15, 0.2) is 6.23 Å². The number of nitrogen functional groups attached to an aromatic ring is 1. The number of hydrogen-bond donors (Lipinski definition) is 2. The summed E-state index contributed by atoms with van der Waals surface area (Å²) in [5.41, 5.74) is 5.00. The summed E-state index contributed by atoms with van der Waals surface area (Å²) in [7, 11) is 0. The van der Waals surface area contributed by atoms with E-state index in [4.69, 9.17) is 10.5 Å². The number of aliphatic hydroxyl groups is 1. The van der Waals surface area contributed by atoms with Crippen molar-refractivity contribution in [1.29, 1.82) is 0 Å². The van der Waals surface area contributed by atoms with Crippen molar-refractivity contribution in [3.05, 3.63) is 22.7 Å². The molecule has 2 heterocycles. The number of alkyl halides is 1. The normalized spacial score (nSPS) is 29.7. The number of aliphatic hydroxyl groups excluding tert-OH is 1. The Kier molecular flexibility index (Phi) is 4.98. The summed E-state index contributed by atoms with van der Waals surface area (Å²) < 4.78 is 7.21. The highest BCUT2D eigenvalue weighted by molar-refractivity contribution is 9.09. The van der Waals surface area contributed by atoms with Crippen LogP contribution in [0.3, 0.4) is 0 Å². The van der Waals surface area contributed by atoms with E-state index in [1.165, 1.54) is 16.8 Å². The zero-order valence-corrected chi connectivity index (χ0v) is 14.6. The largest absolute Gasteiger partial charge is 0.389 e. The van der Waals surface area contributed by atoms with Crippen LogP contribution in [-0.2, 0) is 4.74 Å². The number of nitrogens with zero attached hydrogens (tertiary/aromatic N) is 2. The van der Waals surface area contributed by atoms with E-state index >= 15 is 0 Å². The molecule has 0 aliphatic carbocycles. The first kappa shape index (κ1) is 16.7. The third kappa shape index (κ3) is 3.97. The molecule has 0 aromatic carbocycles. The first-order valence-corrected chi connectivity index (χ1v) is 10.7. The van der Waals surface area contributed by atoms with E-state index < -0.39 is 24.9 Å². The second-order valence-electron chi connectivity index (χ2n) is 5.99. The molecule has 1 aromatic rings. The Hall–Kier alpha value is -0.620. The fraction of sp³-hybridized carbons (Fsp3) is 0.615. The molecule has 118 valence electrons. The van der Waals surface area contributed by atoms with Crippen LogP contribution in [0, 0.1) is 0 Å².